The summed E-state index contributed by atoms with van der Waals surface area (Å²) in [6, 6.07) is 7.21. The molecule has 0 atom stereocenters. The Bertz CT molecular complexity index is 525. The zero-order valence-electron chi connectivity index (χ0n) is 10.8. The molecular weight excluding hydrogens is 244 g/mol. The number of nitrogens with zero attached hydrogens (tertiary/aromatic N) is 2. The topological polar surface area (TPSA) is 49.9 Å². The predicted octanol–water partition coefficient (Wildman–Crippen LogP) is 2.02. The van der Waals surface area contributed by atoms with Gasteiger partial charge < -0.3 is 9.64 Å². The number of rotatable bonds is 3. The lowest BCUT2D eigenvalue weighted by Crippen LogP contribution is -2.53. The standard InChI is InChI=1S/C14H16N2O3/c1-19-12-5-3-2-4-11(12)16-13(17)8-9-15(14(16)18)10-6-7-10/h2-5,10H,6-9H2,1H3. The van der Waals surface area contributed by atoms with Crippen LogP contribution in [0, 0.1) is 0 Å². The van der Waals surface area contributed by atoms with Gasteiger partial charge in [-0.05, 0) is 25.0 Å². The summed E-state index contributed by atoms with van der Waals surface area (Å²) in [6.07, 6.45) is 2.46. The molecule has 1 heterocycles. The first-order valence-electron chi connectivity index (χ1n) is 6.49. The van der Waals surface area contributed by atoms with Gasteiger partial charge in [0, 0.05) is 19.0 Å². The predicted molar refractivity (Wildman–Crippen MR) is 70.2 cm³/mol. The Kier molecular flexibility index (Phi) is 2.89. The SMILES string of the molecule is COc1ccccc1N1C(=O)CCN(C2CC2)C1=O. The molecule has 0 N–H and O–H groups in total. The molecule has 3 amide bonds. The number of benzene rings is 1. The number of urea groups is 1. The fraction of sp³-hybridized carbons (Fsp3) is 0.429. The van der Waals surface area contributed by atoms with Crippen molar-refractivity contribution in [1.82, 2.24) is 4.90 Å². The number of imide groups is 1. The number of para-hydroxylation sites is 2. The van der Waals surface area contributed by atoms with Crippen LogP contribution in [0.4, 0.5) is 10.5 Å². The van der Waals surface area contributed by atoms with Gasteiger partial charge in [0.15, 0.2) is 0 Å². The van der Waals surface area contributed by atoms with Crippen LogP contribution >= 0.6 is 0 Å². The monoisotopic (exact) mass is 260 g/mol. The van der Waals surface area contributed by atoms with Crippen LogP contribution in [0.3, 0.4) is 0 Å². The zero-order valence-corrected chi connectivity index (χ0v) is 10.8. The summed E-state index contributed by atoms with van der Waals surface area (Å²) in [4.78, 5) is 27.6. The highest BCUT2D eigenvalue weighted by Crippen LogP contribution is 2.34. The first-order valence-corrected chi connectivity index (χ1v) is 6.49. The van der Waals surface area contributed by atoms with E-state index in [1.54, 1.807) is 23.1 Å². The third-order valence-corrected chi connectivity index (χ3v) is 3.57. The number of ether oxygens (including phenoxy) is 1. The van der Waals surface area contributed by atoms with Gasteiger partial charge >= 0.3 is 6.03 Å². The van der Waals surface area contributed by atoms with E-state index in [0.29, 0.717) is 30.4 Å². The molecule has 1 aliphatic carbocycles. The van der Waals surface area contributed by atoms with Crippen molar-refractivity contribution in [2.75, 3.05) is 18.6 Å². The van der Waals surface area contributed by atoms with Crippen LogP contribution < -0.4 is 9.64 Å². The Morgan fingerprint density at radius 1 is 1.21 bits per heavy atom. The molecule has 100 valence electrons. The highest BCUT2D eigenvalue weighted by Gasteiger charge is 2.41. The lowest BCUT2D eigenvalue weighted by Gasteiger charge is -2.34. The second-order valence-electron chi connectivity index (χ2n) is 4.86. The molecule has 0 spiro atoms. The first-order chi connectivity index (χ1) is 9.22. The fourth-order valence-corrected chi connectivity index (χ4v) is 2.44. The molecule has 1 saturated carbocycles. The van der Waals surface area contributed by atoms with Crippen molar-refractivity contribution in [3.63, 3.8) is 0 Å². The van der Waals surface area contributed by atoms with Gasteiger partial charge in [0.1, 0.15) is 5.75 Å². The van der Waals surface area contributed by atoms with Crippen LogP contribution in [-0.4, -0.2) is 36.5 Å². The highest BCUT2D eigenvalue weighted by molar-refractivity contribution is 6.16. The molecule has 1 aromatic rings. The van der Waals surface area contributed by atoms with Gasteiger partial charge in [0.25, 0.3) is 0 Å². The van der Waals surface area contributed by atoms with Crippen molar-refractivity contribution in [3.05, 3.63) is 24.3 Å². The van der Waals surface area contributed by atoms with E-state index in [4.69, 9.17) is 4.74 Å². The lowest BCUT2D eigenvalue weighted by molar-refractivity contribution is -0.119. The smallest absolute Gasteiger partial charge is 0.331 e. The van der Waals surface area contributed by atoms with E-state index < -0.39 is 0 Å². The van der Waals surface area contributed by atoms with Gasteiger partial charge in [-0.3, -0.25) is 4.79 Å². The van der Waals surface area contributed by atoms with E-state index in [1.165, 1.54) is 12.0 Å². The molecule has 0 radical (unpaired) electrons. The third kappa shape index (κ3) is 2.05. The number of carbonyl (C=O) groups is 2. The lowest BCUT2D eigenvalue weighted by atomic mass is 10.2. The minimum Gasteiger partial charge on any atom is -0.495 e. The molecule has 0 unspecified atom stereocenters. The molecule has 1 aliphatic heterocycles. The molecule has 19 heavy (non-hydrogen) atoms. The molecule has 0 aromatic heterocycles. The Balaban J connectivity index is 1.96. The number of carbonyl (C=O) groups excluding carboxylic acids is 2. The summed E-state index contributed by atoms with van der Waals surface area (Å²) < 4.78 is 5.24. The Labute approximate surface area is 111 Å². The van der Waals surface area contributed by atoms with Crippen molar-refractivity contribution in [3.8, 4) is 5.75 Å². The summed E-state index contributed by atoms with van der Waals surface area (Å²) in [5, 5.41) is 0. The van der Waals surface area contributed by atoms with Gasteiger partial charge in [0.2, 0.25) is 5.91 Å². The third-order valence-electron chi connectivity index (χ3n) is 3.57. The van der Waals surface area contributed by atoms with E-state index in [1.807, 2.05) is 6.07 Å². The van der Waals surface area contributed by atoms with Crippen molar-refractivity contribution in [1.29, 1.82) is 0 Å². The number of amides is 3. The van der Waals surface area contributed by atoms with Gasteiger partial charge in [-0.2, -0.15) is 0 Å². The second kappa shape index (κ2) is 4.57. The van der Waals surface area contributed by atoms with Crippen LogP contribution in [0.5, 0.6) is 5.75 Å². The average Bonchev–Trinajstić information content (AvgIpc) is 3.24. The summed E-state index contributed by atoms with van der Waals surface area (Å²) in [5.74, 6) is 0.383. The van der Waals surface area contributed by atoms with Crippen molar-refractivity contribution in [2.45, 2.75) is 25.3 Å². The van der Waals surface area contributed by atoms with Gasteiger partial charge in [-0.1, -0.05) is 12.1 Å². The number of hydrogen-bond donors (Lipinski definition) is 0. The van der Waals surface area contributed by atoms with Crippen molar-refractivity contribution in [2.24, 2.45) is 0 Å². The largest absolute Gasteiger partial charge is 0.495 e. The molecule has 5 heteroatoms. The van der Waals surface area contributed by atoms with E-state index in [9.17, 15) is 9.59 Å². The minimum atomic E-state index is -0.219. The first kappa shape index (κ1) is 12.0. The summed E-state index contributed by atoms with van der Waals surface area (Å²) in [6.45, 7) is 0.536. The van der Waals surface area contributed by atoms with Crippen LogP contribution in [0.15, 0.2) is 24.3 Å². The van der Waals surface area contributed by atoms with Crippen LogP contribution in [0.25, 0.3) is 0 Å². The molecule has 0 bridgehead atoms. The summed E-state index contributed by atoms with van der Waals surface area (Å²) in [7, 11) is 1.54. The summed E-state index contributed by atoms with van der Waals surface area (Å²) >= 11 is 0. The van der Waals surface area contributed by atoms with Crippen LogP contribution in [0.1, 0.15) is 19.3 Å². The fourth-order valence-electron chi connectivity index (χ4n) is 2.44. The van der Waals surface area contributed by atoms with Gasteiger partial charge in [-0.15, -0.1) is 0 Å². The molecule has 1 saturated heterocycles. The second-order valence-corrected chi connectivity index (χ2v) is 4.86. The highest BCUT2D eigenvalue weighted by atomic mass is 16.5. The minimum absolute atomic E-state index is 0.161. The van der Waals surface area contributed by atoms with E-state index >= 15 is 0 Å². The quantitative estimate of drug-likeness (QED) is 0.835. The Morgan fingerprint density at radius 3 is 2.63 bits per heavy atom. The van der Waals surface area contributed by atoms with Crippen LogP contribution in [0.2, 0.25) is 0 Å². The normalized spacial score (nSPS) is 19.8. The molecule has 3 rings (SSSR count). The van der Waals surface area contributed by atoms with Crippen molar-refractivity contribution >= 4 is 17.6 Å². The van der Waals surface area contributed by atoms with Gasteiger partial charge in [-0.25, -0.2) is 9.69 Å². The molecular formula is C14H16N2O3. The maximum atomic E-state index is 12.5. The van der Waals surface area contributed by atoms with Crippen molar-refractivity contribution < 1.29 is 14.3 Å². The Morgan fingerprint density at radius 2 is 1.95 bits per heavy atom. The Hall–Kier alpha value is -2.04. The maximum absolute atomic E-state index is 12.5. The molecule has 2 fully saturated rings. The number of hydrogen-bond acceptors (Lipinski definition) is 3. The van der Waals surface area contributed by atoms with E-state index in [-0.39, 0.29) is 11.9 Å². The molecule has 5 nitrogen and oxygen atoms in total. The maximum Gasteiger partial charge on any atom is 0.331 e. The van der Waals surface area contributed by atoms with Gasteiger partial charge in [0.05, 0.1) is 12.8 Å². The molecule has 2 aliphatic rings. The molecule has 1 aromatic carbocycles. The zero-order chi connectivity index (χ0) is 13.4. The van der Waals surface area contributed by atoms with E-state index in [2.05, 4.69) is 0 Å². The van der Waals surface area contributed by atoms with E-state index in [0.717, 1.165) is 12.8 Å². The summed E-state index contributed by atoms with van der Waals surface area (Å²) in [5.41, 5.74) is 0.533. The average molecular weight is 260 g/mol. The van der Waals surface area contributed by atoms with Crippen LogP contribution in [-0.2, 0) is 4.79 Å². The number of anilines is 1. The number of methoxy groups -OCH3 is 1.